The summed E-state index contributed by atoms with van der Waals surface area (Å²) in [5.41, 5.74) is 2.45. The number of aromatic amines is 1. The number of aromatic nitrogens is 2. The Balaban J connectivity index is 1.59. The van der Waals surface area contributed by atoms with Crippen molar-refractivity contribution in [1.82, 2.24) is 10.2 Å². The lowest BCUT2D eigenvalue weighted by molar-refractivity contribution is -0.123. The lowest BCUT2D eigenvalue weighted by atomic mass is 10.1. The van der Waals surface area contributed by atoms with Crippen LogP contribution >= 0.6 is 0 Å². The smallest absolute Gasteiger partial charge is 0.270 e. The van der Waals surface area contributed by atoms with Crippen LogP contribution in [0.1, 0.15) is 11.7 Å². The first kappa shape index (κ1) is 19.1. The molecule has 0 spiro atoms. The number of ether oxygens (including phenoxy) is 1. The van der Waals surface area contributed by atoms with E-state index in [1.807, 2.05) is 72.8 Å². The first-order chi connectivity index (χ1) is 14.7. The molecule has 0 radical (unpaired) electrons. The Hall–Kier alpha value is -4.19. The summed E-state index contributed by atoms with van der Waals surface area (Å²) in [5.74, 6) is 0.310. The number of rotatable bonds is 6. The first-order valence-corrected chi connectivity index (χ1v) is 9.43. The quantitative estimate of drug-likeness (QED) is 0.511. The number of para-hydroxylation sites is 1. The highest BCUT2D eigenvalue weighted by Gasteiger charge is 2.23. The van der Waals surface area contributed by atoms with Gasteiger partial charge in [0.05, 0.1) is 5.69 Å². The maximum absolute atomic E-state index is 13.1. The Morgan fingerprint density at radius 3 is 2.30 bits per heavy atom. The summed E-state index contributed by atoms with van der Waals surface area (Å²) in [4.78, 5) is 24.3. The Bertz CT molecular complexity index is 1170. The van der Waals surface area contributed by atoms with Crippen molar-refractivity contribution in [3.05, 3.63) is 113 Å². The summed E-state index contributed by atoms with van der Waals surface area (Å²) in [6.07, 6.45) is -0.816. The van der Waals surface area contributed by atoms with Crippen LogP contribution in [0, 0.1) is 0 Å². The van der Waals surface area contributed by atoms with Crippen molar-refractivity contribution in [2.45, 2.75) is 6.10 Å². The van der Waals surface area contributed by atoms with E-state index in [2.05, 4.69) is 15.5 Å². The van der Waals surface area contributed by atoms with Crippen molar-refractivity contribution in [3.8, 4) is 17.0 Å². The van der Waals surface area contributed by atoms with Crippen LogP contribution in [0.3, 0.4) is 0 Å². The molecule has 2 N–H and O–H groups in total. The number of amides is 1. The second kappa shape index (κ2) is 8.87. The normalized spacial score (nSPS) is 11.5. The minimum Gasteiger partial charge on any atom is -0.476 e. The van der Waals surface area contributed by atoms with E-state index < -0.39 is 6.10 Å². The lowest BCUT2D eigenvalue weighted by Gasteiger charge is -2.19. The molecule has 1 aromatic heterocycles. The lowest BCUT2D eigenvalue weighted by Crippen LogP contribution is -2.25. The molecule has 0 aliphatic rings. The van der Waals surface area contributed by atoms with Gasteiger partial charge in [-0.3, -0.25) is 9.59 Å². The van der Waals surface area contributed by atoms with E-state index in [0.717, 1.165) is 11.1 Å². The standard InChI is InChI=1S/C24H19N3O3/c28-22-15-14-21(26-27-22)18-10-7-11-19(16-18)25-24(29)23(17-8-3-1-4-9-17)30-20-12-5-2-6-13-20/h1-16,23H,(H,25,29)(H,27,28). The van der Waals surface area contributed by atoms with Gasteiger partial charge in [-0.1, -0.05) is 60.7 Å². The Labute approximate surface area is 173 Å². The highest BCUT2D eigenvalue weighted by molar-refractivity contribution is 5.95. The molecule has 6 heteroatoms. The molecule has 148 valence electrons. The van der Waals surface area contributed by atoms with E-state index in [-0.39, 0.29) is 11.5 Å². The van der Waals surface area contributed by atoms with Crippen LogP contribution < -0.4 is 15.6 Å². The molecule has 1 unspecified atom stereocenters. The number of H-pyrrole nitrogens is 1. The molecule has 6 nitrogen and oxygen atoms in total. The zero-order valence-corrected chi connectivity index (χ0v) is 16.0. The molecular weight excluding hydrogens is 378 g/mol. The molecule has 4 rings (SSSR count). The number of carbonyl (C=O) groups is 1. The average Bonchev–Trinajstić information content (AvgIpc) is 2.79. The predicted molar refractivity (Wildman–Crippen MR) is 115 cm³/mol. The third-order valence-corrected chi connectivity index (χ3v) is 4.44. The minimum absolute atomic E-state index is 0.271. The Morgan fingerprint density at radius 2 is 1.60 bits per heavy atom. The summed E-state index contributed by atoms with van der Waals surface area (Å²) in [6.45, 7) is 0. The number of hydrogen-bond acceptors (Lipinski definition) is 4. The SMILES string of the molecule is O=C(Nc1cccc(-c2ccc(=O)[nH]n2)c1)C(Oc1ccccc1)c1ccccc1. The van der Waals surface area contributed by atoms with Gasteiger partial charge in [0.25, 0.3) is 11.5 Å². The van der Waals surface area contributed by atoms with Crippen molar-refractivity contribution in [1.29, 1.82) is 0 Å². The number of carbonyl (C=O) groups excluding carboxylic acids is 1. The monoisotopic (exact) mass is 397 g/mol. The van der Waals surface area contributed by atoms with Gasteiger partial charge >= 0.3 is 0 Å². The summed E-state index contributed by atoms with van der Waals surface area (Å²) in [6, 6.07) is 28.9. The molecule has 0 saturated carbocycles. The van der Waals surface area contributed by atoms with E-state index in [1.165, 1.54) is 6.07 Å². The van der Waals surface area contributed by atoms with Crippen LogP contribution in [0.2, 0.25) is 0 Å². The maximum Gasteiger partial charge on any atom is 0.270 e. The third-order valence-electron chi connectivity index (χ3n) is 4.44. The number of benzene rings is 3. The molecular formula is C24H19N3O3. The van der Waals surface area contributed by atoms with Crippen LogP contribution in [-0.4, -0.2) is 16.1 Å². The second-order valence-electron chi connectivity index (χ2n) is 6.60. The van der Waals surface area contributed by atoms with Crippen LogP contribution in [0.15, 0.2) is 102 Å². The highest BCUT2D eigenvalue weighted by Crippen LogP contribution is 2.25. The second-order valence-corrected chi connectivity index (χ2v) is 6.60. The highest BCUT2D eigenvalue weighted by atomic mass is 16.5. The topological polar surface area (TPSA) is 84.1 Å². The van der Waals surface area contributed by atoms with Crippen molar-refractivity contribution in [2.75, 3.05) is 5.32 Å². The zero-order chi connectivity index (χ0) is 20.8. The molecule has 0 bridgehead atoms. The van der Waals surface area contributed by atoms with Crippen molar-refractivity contribution >= 4 is 11.6 Å². The molecule has 0 aliphatic carbocycles. The number of nitrogens with zero attached hydrogens (tertiary/aromatic N) is 1. The molecule has 0 saturated heterocycles. The summed E-state index contributed by atoms with van der Waals surface area (Å²) in [5, 5.41) is 9.36. The van der Waals surface area contributed by atoms with Gasteiger partial charge in [-0.25, -0.2) is 5.10 Å². The fourth-order valence-corrected chi connectivity index (χ4v) is 3.01. The fourth-order valence-electron chi connectivity index (χ4n) is 3.01. The summed E-state index contributed by atoms with van der Waals surface area (Å²) < 4.78 is 6.00. The van der Waals surface area contributed by atoms with Gasteiger partial charge < -0.3 is 10.1 Å². The molecule has 0 fully saturated rings. The van der Waals surface area contributed by atoms with E-state index in [1.54, 1.807) is 18.2 Å². The average molecular weight is 397 g/mol. The van der Waals surface area contributed by atoms with Crippen molar-refractivity contribution < 1.29 is 9.53 Å². The fraction of sp³-hybridized carbons (Fsp3) is 0.0417. The van der Waals surface area contributed by atoms with Crippen LogP contribution in [0.5, 0.6) is 5.75 Å². The number of hydrogen-bond donors (Lipinski definition) is 2. The van der Waals surface area contributed by atoms with Crippen molar-refractivity contribution in [3.63, 3.8) is 0 Å². The molecule has 1 atom stereocenters. The van der Waals surface area contributed by atoms with Gasteiger partial charge in [-0.05, 0) is 30.3 Å². The molecule has 4 aromatic rings. The largest absolute Gasteiger partial charge is 0.476 e. The van der Waals surface area contributed by atoms with Gasteiger partial charge in [0.2, 0.25) is 6.10 Å². The summed E-state index contributed by atoms with van der Waals surface area (Å²) >= 11 is 0. The van der Waals surface area contributed by atoms with E-state index >= 15 is 0 Å². The summed E-state index contributed by atoms with van der Waals surface area (Å²) in [7, 11) is 0. The molecule has 1 amide bonds. The predicted octanol–water partition coefficient (Wildman–Crippen LogP) is 4.20. The maximum atomic E-state index is 13.1. The third kappa shape index (κ3) is 4.62. The van der Waals surface area contributed by atoms with Crippen LogP contribution in [-0.2, 0) is 4.79 Å². The Morgan fingerprint density at radius 1 is 0.867 bits per heavy atom. The van der Waals surface area contributed by atoms with Gasteiger partial charge in [-0.15, -0.1) is 0 Å². The van der Waals surface area contributed by atoms with E-state index in [4.69, 9.17) is 4.74 Å². The minimum atomic E-state index is -0.816. The van der Waals surface area contributed by atoms with Crippen LogP contribution in [0.25, 0.3) is 11.3 Å². The number of anilines is 1. The van der Waals surface area contributed by atoms with Gasteiger partial charge in [0.15, 0.2) is 0 Å². The van der Waals surface area contributed by atoms with Crippen LogP contribution in [0.4, 0.5) is 5.69 Å². The van der Waals surface area contributed by atoms with Gasteiger partial charge in [-0.2, -0.15) is 5.10 Å². The molecule has 3 aromatic carbocycles. The van der Waals surface area contributed by atoms with Crippen molar-refractivity contribution in [2.24, 2.45) is 0 Å². The van der Waals surface area contributed by atoms with Gasteiger partial charge in [0, 0.05) is 22.9 Å². The van der Waals surface area contributed by atoms with E-state index in [9.17, 15) is 9.59 Å². The molecule has 0 aliphatic heterocycles. The Kier molecular flexibility index (Phi) is 5.66. The molecule has 1 heterocycles. The van der Waals surface area contributed by atoms with E-state index in [0.29, 0.717) is 17.1 Å². The zero-order valence-electron chi connectivity index (χ0n) is 16.0. The number of nitrogens with one attached hydrogen (secondary N) is 2. The van der Waals surface area contributed by atoms with Gasteiger partial charge in [0.1, 0.15) is 5.75 Å². The molecule has 30 heavy (non-hydrogen) atoms. The first-order valence-electron chi connectivity index (χ1n) is 9.43.